The summed E-state index contributed by atoms with van der Waals surface area (Å²) in [6, 6.07) is 9.94. The predicted octanol–water partition coefficient (Wildman–Crippen LogP) is 3.96. The van der Waals surface area contributed by atoms with Gasteiger partial charge in [-0.25, -0.2) is 14.8 Å². The van der Waals surface area contributed by atoms with Gasteiger partial charge in [0.15, 0.2) is 0 Å². The number of urea groups is 1. The maximum atomic E-state index is 14.0. The lowest BCUT2D eigenvalue weighted by Gasteiger charge is -2.34. The molecule has 2 N–H and O–H groups in total. The van der Waals surface area contributed by atoms with Gasteiger partial charge in [-0.05, 0) is 55.7 Å². The van der Waals surface area contributed by atoms with Crippen LogP contribution in [0.25, 0.3) is 22.2 Å². The van der Waals surface area contributed by atoms with Crippen LogP contribution in [-0.2, 0) is 4.74 Å². The minimum atomic E-state index is -0.0319. The largest absolute Gasteiger partial charge is 0.381 e. The van der Waals surface area contributed by atoms with Gasteiger partial charge in [0, 0.05) is 69.1 Å². The van der Waals surface area contributed by atoms with Crippen LogP contribution in [0.15, 0.2) is 41.3 Å². The molecule has 1 saturated carbocycles. The summed E-state index contributed by atoms with van der Waals surface area (Å²) in [5.74, 6) is 1.08. The van der Waals surface area contributed by atoms with E-state index in [4.69, 9.17) is 9.72 Å². The molecule has 3 aliphatic rings. The third-order valence-electron chi connectivity index (χ3n) is 8.61. The third-order valence-corrected chi connectivity index (χ3v) is 8.61. The Balaban J connectivity index is 1.20. The van der Waals surface area contributed by atoms with Crippen molar-refractivity contribution in [1.29, 1.82) is 0 Å². The van der Waals surface area contributed by atoms with Crippen molar-refractivity contribution in [3.8, 4) is 11.1 Å². The van der Waals surface area contributed by atoms with Crippen LogP contribution in [0.1, 0.15) is 50.1 Å². The average Bonchev–Trinajstić information content (AvgIpc) is 3.51. The van der Waals surface area contributed by atoms with E-state index in [1.807, 2.05) is 51.7 Å². The summed E-state index contributed by atoms with van der Waals surface area (Å²) >= 11 is 0. The number of nitrogens with one attached hydrogen (secondary N) is 2. The minimum Gasteiger partial charge on any atom is -0.381 e. The van der Waals surface area contributed by atoms with Gasteiger partial charge in [0.25, 0.3) is 5.56 Å². The average molecular weight is 546 g/mol. The molecule has 3 fully saturated rings. The molecule has 10 nitrogen and oxygen atoms in total. The molecule has 2 aromatic heterocycles. The Morgan fingerprint density at radius 1 is 1.02 bits per heavy atom. The van der Waals surface area contributed by atoms with Gasteiger partial charge in [-0.3, -0.25) is 14.8 Å². The molecule has 212 valence electrons. The Kier molecular flexibility index (Phi) is 7.97. The fourth-order valence-corrected chi connectivity index (χ4v) is 6.24. The molecule has 1 aliphatic carbocycles. The van der Waals surface area contributed by atoms with Crippen LogP contribution in [0.2, 0.25) is 0 Å². The van der Waals surface area contributed by atoms with Crippen LogP contribution in [-0.4, -0.2) is 76.4 Å². The number of fused-ring (bicyclic) bond motifs is 1. The van der Waals surface area contributed by atoms with E-state index in [1.54, 1.807) is 6.20 Å². The number of pyridine rings is 1. The van der Waals surface area contributed by atoms with Gasteiger partial charge in [-0.15, -0.1) is 0 Å². The predicted molar refractivity (Wildman–Crippen MR) is 155 cm³/mol. The summed E-state index contributed by atoms with van der Waals surface area (Å²) in [7, 11) is 0. The van der Waals surface area contributed by atoms with Crippen molar-refractivity contribution in [2.24, 2.45) is 5.92 Å². The fraction of sp³-hybridized carbons (Fsp3) is 0.533. The molecule has 2 saturated heterocycles. The first-order valence-corrected chi connectivity index (χ1v) is 14.7. The highest BCUT2D eigenvalue weighted by atomic mass is 16.5. The van der Waals surface area contributed by atoms with E-state index in [2.05, 4.69) is 15.7 Å². The molecular formula is C30H39N7O3. The minimum absolute atomic E-state index is 0.0155. The number of nitrogens with zero attached hydrogens (tertiary/aromatic N) is 5. The van der Waals surface area contributed by atoms with E-state index < -0.39 is 0 Å². The van der Waals surface area contributed by atoms with E-state index in [1.165, 1.54) is 25.7 Å². The maximum Gasteiger partial charge on any atom is 0.317 e. The van der Waals surface area contributed by atoms with E-state index in [0.717, 1.165) is 35.9 Å². The van der Waals surface area contributed by atoms with Gasteiger partial charge >= 0.3 is 6.03 Å². The first-order chi connectivity index (χ1) is 19.6. The lowest BCUT2D eigenvalue weighted by Crippen LogP contribution is -2.53. The lowest BCUT2D eigenvalue weighted by molar-refractivity contribution is 0.0697. The zero-order valence-electron chi connectivity index (χ0n) is 23.3. The second-order valence-electron chi connectivity index (χ2n) is 11.3. The molecule has 0 bridgehead atoms. The molecule has 2 amide bonds. The van der Waals surface area contributed by atoms with Crippen molar-refractivity contribution in [3.05, 3.63) is 52.4 Å². The van der Waals surface area contributed by atoms with Crippen LogP contribution < -0.4 is 16.3 Å². The molecule has 1 aromatic carbocycles. The topological polar surface area (TPSA) is 105 Å². The quantitative estimate of drug-likeness (QED) is 0.483. The molecule has 3 aromatic rings. The van der Waals surface area contributed by atoms with Gasteiger partial charge in [0.05, 0.1) is 0 Å². The monoisotopic (exact) mass is 545 g/mol. The highest BCUT2D eigenvalue weighted by Crippen LogP contribution is 2.28. The first-order valence-electron chi connectivity index (χ1n) is 14.7. The molecule has 40 heavy (non-hydrogen) atoms. The van der Waals surface area contributed by atoms with E-state index >= 15 is 0 Å². The third kappa shape index (κ3) is 5.69. The molecule has 0 unspecified atom stereocenters. The second-order valence-corrected chi connectivity index (χ2v) is 11.3. The Morgan fingerprint density at radius 2 is 1.77 bits per heavy atom. The molecule has 0 radical (unpaired) electrons. The van der Waals surface area contributed by atoms with Crippen LogP contribution in [0.5, 0.6) is 0 Å². The molecule has 0 atom stereocenters. The number of hydrazine groups is 1. The Bertz CT molecular complexity index is 1400. The molecule has 0 spiro atoms. The number of hydrogen-bond donors (Lipinski definition) is 2. The van der Waals surface area contributed by atoms with Crippen molar-refractivity contribution >= 4 is 23.0 Å². The standard InChI is InChI=1S/C30H39N7O3/c1-21-6-2-5-9-25(21)26-18-23-20-31-29(33-27(23)37(28(26)38)24-10-16-40-17-11-24)34-36-14-12-35(13-15-36)30(39)32-19-22-7-3-4-8-22/h2,5-6,9,18,20,22,24H,3-4,7-8,10-17,19H2,1H3,(H,32,39)(H,31,33,34). The summed E-state index contributed by atoms with van der Waals surface area (Å²) in [5.41, 5.74) is 6.59. The van der Waals surface area contributed by atoms with Gasteiger partial charge in [-0.1, -0.05) is 37.1 Å². The summed E-state index contributed by atoms with van der Waals surface area (Å²) in [6.45, 7) is 6.65. The number of carbonyl (C=O) groups is 1. The maximum absolute atomic E-state index is 14.0. The lowest BCUT2D eigenvalue weighted by atomic mass is 10.00. The van der Waals surface area contributed by atoms with Crippen LogP contribution >= 0.6 is 0 Å². The van der Waals surface area contributed by atoms with E-state index in [-0.39, 0.29) is 17.6 Å². The SMILES string of the molecule is Cc1ccccc1-c1cc2cnc(NN3CCN(C(=O)NCC4CCCC4)CC3)nc2n(C2CCOCC2)c1=O. The number of rotatable bonds is 6. The number of piperazine rings is 1. The number of hydrogen-bond acceptors (Lipinski definition) is 7. The zero-order valence-corrected chi connectivity index (χ0v) is 23.3. The highest BCUT2D eigenvalue weighted by molar-refractivity contribution is 5.82. The number of benzene rings is 1. The number of aromatic nitrogens is 3. The zero-order chi connectivity index (χ0) is 27.5. The van der Waals surface area contributed by atoms with Crippen molar-refractivity contribution < 1.29 is 9.53 Å². The van der Waals surface area contributed by atoms with Crippen LogP contribution in [0.4, 0.5) is 10.7 Å². The summed E-state index contributed by atoms with van der Waals surface area (Å²) in [6.07, 6.45) is 8.34. The fourth-order valence-electron chi connectivity index (χ4n) is 6.24. The highest BCUT2D eigenvalue weighted by Gasteiger charge is 2.25. The van der Waals surface area contributed by atoms with Crippen molar-refractivity contribution in [3.63, 3.8) is 0 Å². The summed E-state index contributed by atoms with van der Waals surface area (Å²) in [5, 5.41) is 6.00. The number of anilines is 1. The second kappa shape index (κ2) is 11.9. The molecule has 4 heterocycles. The number of amides is 2. The molecular weight excluding hydrogens is 506 g/mol. The summed E-state index contributed by atoms with van der Waals surface area (Å²) < 4.78 is 7.46. The van der Waals surface area contributed by atoms with Gasteiger partial charge in [0.2, 0.25) is 5.95 Å². The van der Waals surface area contributed by atoms with Crippen LogP contribution in [0.3, 0.4) is 0 Å². The Hall–Kier alpha value is -3.50. The smallest absolute Gasteiger partial charge is 0.317 e. The number of aryl methyl sites for hydroxylation is 1. The summed E-state index contributed by atoms with van der Waals surface area (Å²) in [4.78, 5) is 37.9. The number of ether oxygens (including phenoxy) is 1. The first kappa shape index (κ1) is 26.7. The Labute approximate surface area is 234 Å². The normalized spacial score (nSPS) is 19.3. The number of carbonyl (C=O) groups excluding carboxylic acids is 1. The van der Waals surface area contributed by atoms with Crippen LogP contribution in [0, 0.1) is 12.8 Å². The van der Waals surface area contributed by atoms with Gasteiger partial charge in [-0.2, -0.15) is 4.98 Å². The Morgan fingerprint density at radius 3 is 2.52 bits per heavy atom. The van der Waals surface area contributed by atoms with Crippen molar-refractivity contribution in [1.82, 2.24) is 29.8 Å². The van der Waals surface area contributed by atoms with Gasteiger partial charge < -0.3 is 15.0 Å². The van der Waals surface area contributed by atoms with E-state index in [0.29, 0.717) is 62.5 Å². The van der Waals surface area contributed by atoms with Crippen molar-refractivity contribution in [2.45, 2.75) is 51.5 Å². The van der Waals surface area contributed by atoms with Crippen molar-refractivity contribution in [2.75, 3.05) is 51.4 Å². The van der Waals surface area contributed by atoms with Gasteiger partial charge in [0.1, 0.15) is 5.65 Å². The molecule has 2 aliphatic heterocycles. The molecule has 6 rings (SSSR count). The van der Waals surface area contributed by atoms with E-state index in [9.17, 15) is 9.59 Å². The molecule has 10 heteroatoms.